The van der Waals surface area contributed by atoms with Crippen LogP contribution in [0, 0.1) is 19.8 Å². The molecule has 0 bridgehead atoms. The van der Waals surface area contributed by atoms with Crippen molar-refractivity contribution >= 4 is 5.91 Å². The Labute approximate surface area is 109 Å². The van der Waals surface area contributed by atoms with Gasteiger partial charge in [-0.3, -0.25) is 4.79 Å². The number of nitrogens with one attached hydrogen (secondary N) is 1. The quantitative estimate of drug-likeness (QED) is 0.842. The second kappa shape index (κ2) is 6.55. The Morgan fingerprint density at radius 2 is 1.94 bits per heavy atom. The van der Waals surface area contributed by atoms with E-state index in [1.807, 2.05) is 32.0 Å². The van der Waals surface area contributed by atoms with Crippen LogP contribution < -0.4 is 5.32 Å². The van der Waals surface area contributed by atoms with Crippen molar-refractivity contribution in [3.8, 4) is 0 Å². The Morgan fingerprint density at radius 3 is 2.44 bits per heavy atom. The van der Waals surface area contributed by atoms with E-state index in [-0.39, 0.29) is 18.6 Å². The molecular formula is C15H23NO2. The molecule has 0 heterocycles. The maximum Gasteiger partial charge on any atom is 0.251 e. The molecule has 3 nitrogen and oxygen atoms in total. The third-order valence-corrected chi connectivity index (χ3v) is 3.08. The molecule has 1 aromatic carbocycles. The number of amides is 1. The average Bonchev–Trinajstić information content (AvgIpc) is 2.31. The minimum atomic E-state index is -0.167. The van der Waals surface area contributed by atoms with E-state index in [4.69, 9.17) is 0 Å². The van der Waals surface area contributed by atoms with Gasteiger partial charge in [-0.1, -0.05) is 19.9 Å². The summed E-state index contributed by atoms with van der Waals surface area (Å²) in [6, 6.07) is 5.48. The summed E-state index contributed by atoms with van der Waals surface area (Å²) >= 11 is 0. The van der Waals surface area contributed by atoms with Gasteiger partial charge in [-0.05, 0) is 49.4 Å². The van der Waals surface area contributed by atoms with Gasteiger partial charge in [0.2, 0.25) is 0 Å². The van der Waals surface area contributed by atoms with E-state index in [1.165, 1.54) is 5.56 Å². The largest absolute Gasteiger partial charge is 0.394 e. The fourth-order valence-electron chi connectivity index (χ4n) is 1.90. The molecule has 1 rings (SSSR count). The van der Waals surface area contributed by atoms with E-state index < -0.39 is 0 Å². The van der Waals surface area contributed by atoms with Crippen LogP contribution in [0.25, 0.3) is 0 Å². The lowest BCUT2D eigenvalue weighted by Crippen LogP contribution is -2.38. The Hall–Kier alpha value is -1.35. The molecule has 1 aromatic rings. The number of aliphatic hydroxyl groups is 1. The minimum Gasteiger partial charge on any atom is -0.394 e. The van der Waals surface area contributed by atoms with Crippen LogP contribution in [0.15, 0.2) is 18.2 Å². The van der Waals surface area contributed by atoms with Gasteiger partial charge in [-0.25, -0.2) is 0 Å². The Morgan fingerprint density at radius 1 is 1.28 bits per heavy atom. The van der Waals surface area contributed by atoms with Crippen molar-refractivity contribution in [3.05, 3.63) is 34.9 Å². The van der Waals surface area contributed by atoms with Crippen LogP contribution in [0.1, 0.15) is 41.8 Å². The monoisotopic (exact) mass is 249 g/mol. The number of benzene rings is 1. The molecule has 0 radical (unpaired) electrons. The van der Waals surface area contributed by atoms with E-state index in [1.54, 1.807) is 0 Å². The van der Waals surface area contributed by atoms with Crippen LogP contribution in [-0.2, 0) is 0 Å². The SMILES string of the molecule is Cc1ccc(C(=O)NC(CO)CC(C)C)cc1C. The second-order valence-electron chi connectivity index (χ2n) is 5.28. The van der Waals surface area contributed by atoms with Crippen molar-refractivity contribution in [2.24, 2.45) is 5.92 Å². The zero-order chi connectivity index (χ0) is 13.7. The summed E-state index contributed by atoms with van der Waals surface area (Å²) in [6.07, 6.45) is 0.785. The van der Waals surface area contributed by atoms with Crippen molar-refractivity contribution in [2.75, 3.05) is 6.61 Å². The van der Waals surface area contributed by atoms with Crippen LogP contribution in [0.5, 0.6) is 0 Å². The fraction of sp³-hybridized carbons (Fsp3) is 0.533. The first kappa shape index (κ1) is 14.7. The first-order valence-electron chi connectivity index (χ1n) is 6.43. The standard InChI is InChI=1S/C15H23NO2/c1-10(2)7-14(9-17)16-15(18)13-6-5-11(3)12(4)8-13/h5-6,8,10,14,17H,7,9H2,1-4H3,(H,16,18). The lowest BCUT2D eigenvalue weighted by molar-refractivity contribution is 0.0908. The fourth-order valence-corrected chi connectivity index (χ4v) is 1.90. The normalized spacial score (nSPS) is 12.6. The molecule has 2 N–H and O–H groups in total. The van der Waals surface area contributed by atoms with E-state index in [9.17, 15) is 9.90 Å². The van der Waals surface area contributed by atoms with Crippen LogP contribution in [0.4, 0.5) is 0 Å². The predicted molar refractivity (Wildman–Crippen MR) is 73.7 cm³/mol. The minimum absolute atomic E-state index is 0.0191. The molecule has 1 amide bonds. The number of aliphatic hydroxyl groups excluding tert-OH is 1. The topological polar surface area (TPSA) is 49.3 Å². The molecular weight excluding hydrogens is 226 g/mol. The summed E-state index contributed by atoms with van der Waals surface area (Å²) in [5.41, 5.74) is 2.93. The molecule has 1 atom stereocenters. The van der Waals surface area contributed by atoms with Gasteiger partial charge in [-0.15, -0.1) is 0 Å². The van der Waals surface area contributed by atoms with Gasteiger partial charge in [0.05, 0.1) is 12.6 Å². The summed E-state index contributed by atoms with van der Waals surface area (Å²) in [4.78, 5) is 12.0. The molecule has 3 heteroatoms. The lowest BCUT2D eigenvalue weighted by atomic mass is 10.0. The van der Waals surface area contributed by atoms with Gasteiger partial charge in [-0.2, -0.15) is 0 Å². The Bertz CT molecular complexity index is 413. The molecule has 18 heavy (non-hydrogen) atoms. The summed E-state index contributed by atoms with van der Waals surface area (Å²) in [6.45, 7) is 8.14. The second-order valence-corrected chi connectivity index (χ2v) is 5.28. The highest BCUT2D eigenvalue weighted by molar-refractivity contribution is 5.94. The molecule has 0 saturated heterocycles. The zero-order valence-electron chi connectivity index (χ0n) is 11.7. The number of rotatable bonds is 5. The number of aryl methyl sites for hydroxylation is 2. The average molecular weight is 249 g/mol. The molecule has 0 aromatic heterocycles. The third kappa shape index (κ3) is 4.15. The number of hydrogen-bond donors (Lipinski definition) is 2. The van der Waals surface area contributed by atoms with Crippen molar-refractivity contribution < 1.29 is 9.90 Å². The molecule has 0 aliphatic heterocycles. The van der Waals surface area contributed by atoms with E-state index >= 15 is 0 Å². The highest BCUT2D eigenvalue weighted by atomic mass is 16.3. The van der Waals surface area contributed by atoms with Crippen molar-refractivity contribution in [3.63, 3.8) is 0 Å². The van der Waals surface area contributed by atoms with Gasteiger partial charge in [0.1, 0.15) is 0 Å². The molecule has 0 saturated carbocycles. The molecule has 1 unspecified atom stereocenters. The third-order valence-electron chi connectivity index (χ3n) is 3.08. The first-order valence-corrected chi connectivity index (χ1v) is 6.43. The number of carbonyl (C=O) groups excluding carboxylic acids is 1. The number of carbonyl (C=O) groups is 1. The maximum atomic E-state index is 12.0. The Kier molecular flexibility index (Phi) is 5.35. The molecule has 0 spiro atoms. The zero-order valence-corrected chi connectivity index (χ0v) is 11.7. The highest BCUT2D eigenvalue weighted by Gasteiger charge is 2.14. The van der Waals surface area contributed by atoms with Gasteiger partial charge < -0.3 is 10.4 Å². The molecule has 100 valence electrons. The van der Waals surface area contributed by atoms with Gasteiger partial charge in [0, 0.05) is 5.56 Å². The van der Waals surface area contributed by atoms with Crippen LogP contribution in [0.3, 0.4) is 0 Å². The Balaban J connectivity index is 2.71. The van der Waals surface area contributed by atoms with Crippen molar-refractivity contribution in [2.45, 2.75) is 40.2 Å². The van der Waals surface area contributed by atoms with Crippen LogP contribution in [0.2, 0.25) is 0 Å². The predicted octanol–water partition coefficient (Wildman–Crippen LogP) is 2.44. The molecule has 0 aliphatic rings. The van der Waals surface area contributed by atoms with Gasteiger partial charge in [0.15, 0.2) is 0 Å². The maximum absolute atomic E-state index is 12.0. The van der Waals surface area contributed by atoms with E-state index in [0.29, 0.717) is 11.5 Å². The van der Waals surface area contributed by atoms with Crippen LogP contribution in [-0.4, -0.2) is 23.7 Å². The first-order chi connectivity index (χ1) is 8.43. The van der Waals surface area contributed by atoms with Crippen LogP contribution >= 0.6 is 0 Å². The summed E-state index contributed by atoms with van der Waals surface area (Å²) in [7, 11) is 0. The summed E-state index contributed by atoms with van der Waals surface area (Å²) in [5, 5.41) is 12.1. The van der Waals surface area contributed by atoms with Crippen molar-refractivity contribution in [1.82, 2.24) is 5.32 Å². The summed E-state index contributed by atoms with van der Waals surface area (Å²) < 4.78 is 0. The highest BCUT2D eigenvalue weighted by Crippen LogP contribution is 2.11. The van der Waals surface area contributed by atoms with Gasteiger partial charge in [0.25, 0.3) is 5.91 Å². The van der Waals surface area contributed by atoms with E-state index in [0.717, 1.165) is 12.0 Å². The van der Waals surface area contributed by atoms with E-state index in [2.05, 4.69) is 19.2 Å². The summed E-state index contributed by atoms with van der Waals surface area (Å²) in [5.74, 6) is 0.333. The smallest absolute Gasteiger partial charge is 0.251 e. The van der Waals surface area contributed by atoms with Gasteiger partial charge >= 0.3 is 0 Å². The van der Waals surface area contributed by atoms with Crippen molar-refractivity contribution in [1.29, 1.82) is 0 Å². The lowest BCUT2D eigenvalue weighted by Gasteiger charge is -2.18. The molecule has 0 aliphatic carbocycles. The molecule has 0 fully saturated rings. The number of hydrogen-bond acceptors (Lipinski definition) is 2.